The van der Waals surface area contributed by atoms with Gasteiger partial charge in [-0.1, -0.05) is 27.2 Å². The minimum atomic E-state index is 0. The summed E-state index contributed by atoms with van der Waals surface area (Å²) in [5.74, 6) is 1.29. The van der Waals surface area contributed by atoms with Gasteiger partial charge in [-0.2, -0.15) is 0 Å². The predicted octanol–water partition coefficient (Wildman–Crippen LogP) is 4.26. The van der Waals surface area contributed by atoms with Crippen molar-refractivity contribution in [2.75, 3.05) is 19.0 Å². The lowest BCUT2D eigenvalue weighted by Crippen LogP contribution is -2.22. The summed E-state index contributed by atoms with van der Waals surface area (Å²) in [6.07, 6.45) is 3.47. The number of benzene rings is 1. The first kappa shape index (κ1) is 20.0. The van der Waals surface area contributed by atoms with Gasteiger partial charge >= 0.3 is 0 Å². The number of rotatable bonds is 6. The van der Waals surface area contributed by atoms with Crippen LogP contribution in [0.1, 0.15) is 40.0 Å². The van der Waals surface area contributed by atoms with E-state index in [9.17, 15) is 0 Å². The Morgan fingerprint density at radius 1 is 1.19 bits per heavy atom. The van der Waals surface area contributed by atoms with Gasteiger partial charge in [0.2, 0.25) is 0 Å². The number of guanidine groups is 1. The van der Waals surface area contributed by atoms with Crippen LogP contribution >= 0.6 is 24.0 Å². The van der Waals surface area contributed by atoms with Crippen LogP contribution in [-0.2, 0) is 0 Å². The Bertz CT molecular complexity index is 424. The topological polar surface area (TPSA) is 59.6 Å². The molecule has 0 aliphatic rings. The smallest absolute Gasteiger partial charge is 0.193 e. The fourth-order valence-corrected chi connectivity index (χ4v) is 1.83. The van der Waals surface area contributed by atoms with Crippen LogP contribution in [0.15, 0.2) is 29.3 Å². The molecule has 1 rings (SSSR count). The standard InChI is InChI=1S/C16H27N3O.HI/c1-16(2,3)11-5-6-12-18-15(17)19-13-7-9-14(20-4)10-8-13;/h7-10H,5-6,11-12H2,1-4H3,(H3,17,18,19);1H. The van der Waals surface area contributed by atoms with Gasteiger partial charge in [0.25, 0.3) is 0 Å². The number of hydrogen-bond donors (Lipinski definition) is 2. The first-order valence-electron chi connectivity index (χ1n) is 7.12. The number of nitrogens with zero attached hydrogens (tertiary/aromatic N) is 1. The molecule has 3 N–H and O–H groups in total. The van der Waals surface area contributed by atoms with E-state index in [4.69, 9.17) is 10.5 Å². The summed E-state index contributed by atoms with van der Waals surface area (Å²) in [6, 6.07) is 7.61. The average Bonchev–Trinajstić information content (AvgIpc) is 2.38. The highest BCUT2D eigenvalue weighted by Gasteiger charge is 2.08. The number of hydrogen-bond acceptors (Lipinski definition) is 2. The monoisotopic (exact) mass is 405 g/mol. The molecular formula is C16H28IN3O. The van der Waals surface area contributed by atoms with Gasteiger partial charge in [-0.3, -0.25) is 4.99 Å². The van der Waals surface area contributed by atoms with E-state index in [1.54, 1.807) is 7.11 Å². The molecule has 0 saturated carbocycles. The number of anilines is 1. The lowest BCUT2D eigenvalue weighted by atomic mass is 9.90. The summed E-state index contributed by atoms with van der Waals surface area (Å²) >= 11 is 0. The molecule has 0 saturated heterocycles. The molecule has 0 radical (unpaired) electrons. The number of nitrogens with two attached hydrogens (primary N) is 1. The van der Waals surface area contributed by atoms with Crippen LogP contribution in [0.3, 0.4) is 0 Å². The number of unbranched alkanes of at least 4 members (excludes halogenated alkanes) is 1. The lowest BCUT2D eigenvalue weighted by molar-refractivity contribution is 0.361. The number of nitrogens with one attached hydrogen (secondary N) is 1. The van der Waals surface area contributed by atoms with Crippen molar-refractivity contribution < 1.29 is 4.74 Å². The molecule has 0 aromatic heterocycles. The second-order valence-corrected chi connectivity index (χ2v) is 6.14. The highest BCUT2D eigenvalue weighted by molar-refractivity contribution is 14.0. The molecule has 1 aromatic rings. The quantitative estimate of drug-likeness (QED) is 0.322. The van der Waals surface area contributed by atoms with E-state index in [1.807, 2.05) is 24.3 Å². The summed E-state index contributed by atoms with van der Waals surface area (Å²) < 4.78 is 5.10. The van der Waals surface area contributed by atoms with E-state index >= 15 is 0 Å². The average molecular weight is 405 g/mol. The van der Waals surface area contributed by atoms with E-state index in [0.717, 1.165) is 24.4 Å². The zero-order valence-corrected chi connectivity index (χ0v) is 15.8. The van der Waals surface area contributed by atoms with Gasteiger partial charge in [0.15, 0.2) is 5.96 Å². The molecule has 0 bridgehead atoms. The van der Waals surface area contributed by atoms with Crippen molar-refractivity contribution >= 4 is 35.6 Å². The van der Waals surface area contributed by atoms with E-state index < -0.39 is 0 Å². The summed E-state index contributed by atoms with van der Waals surface area (Å²) in [4.78, 5) is 4.33. The molecule has 1 aromatic carbocycles. The van der Waals surface area contributed by atoms with Gasteiger partial charge in [-0.05, 0) is 42.5 Å². The minimum Gasteiger partial charge on any atom is -0.497 e. The van der Waals surface area contributed by atoms with Crippen molar-refractivity contribution in [3.05, 3.63) is 24.3 Å². The second-order valence-electron chi connectivity index (χ2n) is 6.14. The van der Waals surface area contributed by atoms with Crippen molar-refractivity contribution in [2.45, 2.75) is 40.0 Å². The number of aliphatic imine (C=N–C) groups is 1. The molecule has 0 spiro atoms. The minimum absolute atomic E-state index is 0. The van der Waals surface area contributed by atoms with Crippen LogP contribution in [0.2, 0.25) is 0 Å². The first-order chi connectivity index (χ1) is 9.40. The van der Waals surface area contributed by atoms with Crippen molar-refractivity contribution in [1.29, 1.82) is 0 Å². The number of halogens is 1. The Morgan fingerprint density at radius 3 is 2.33 bits per heavy atom. The molecule has 4 nitrogen and oxygen atoms in total. The lowest BCUT2D eigenvalue weighted by Gasteiger charge is -2.17. The van der Waals surface area contributed by atoms with Crippen LogP contribution in [0, 0.1) is 5.41 Å². The third kappa shape index (κ3) is 9.55. The second kappa shape index (κ2) is 9.87. The third-order valence-corrected chi connectivity index (χ3v) is 2.98. The highest BCUT2D eigenvalue weighted by Crippen LogP contribution is 2.21. The molecule has 0 fully saturated rings. The summed E-state index contributed by atoms with van der Waals surface area (Å²) in [5.41, 5.74) is 7.17. The summed E-state index contributed by atoms with van der Waals surface area (Å²) in [6.45, 7) is 7.55. The Hall–Kier alpha value is -0.980. The summed E-state index contributed by atoms with van der Waals surface area (Å²) in [5, 5.41) is 3.07. The van der Waals surface area contributed by atoms with Crippen LogP contribution in [0.5, 0.6) is 5.75 Å². The summed E-state index contributed by atoms with van der Waals surface area (Å²) in [7, 11) is 1.65. The zero-order valence-electron chi connectivity index (χ0n) is 13.5. The van der Waals surface area contributed by atoms with Crippen LogP contribution < -0.4 is 15.8 Å². The van der Waals surface area contributed by atoms with Crippen molar-refractivity contribution in [1.82, 2.24) is 0 Å². The molecule has 0 aliphatic heterocycles. The van der Waals surface area contributed by atoms with Gasteiger partial charge in [0.05, 0.1) is 7.11 Å². The van der Waals surface area contributed by atoms with Gasteiger partial charge < -0.3 is 15.8 Å². The molecule has 21 heavy (non-hydrogen) atoms. The van der Waals surface area contributed by atoms with E-state index in [-0.39, 0.29) is 24.0 Å². The van der Waals surface area contributed by atoms with Crippen LogP contribution in [0.4, 0.5) is 5.69 Å². The predicted molar refractivity (Wildman–Crippen MR) is 102 cm³/mol. The normalized spacial score (nSPS) is 11.7. The Labute approximate surface area is 145 Å². The fourth-order valence-electron chi connectivity index (χ4n) is 1.83. The van der Waals surface area contributed by atoms with Crippen molar-refractivity contribution in [3.63, 3.8) is 0 Å². The molecule has 5 heteroatoms. The molecule has 0 aliphatic carbocycles. The molecule has 0 amide bonds. The van der Waals surface area contributed by atoms with Crippen LogP contribution in [0.25, 0.3) is 0 Å². The van der Waals surface area contributed by atoms with Gasteiger partial charge in [-0.25, -0.2) is 0 Å². The van der Waals surface area contributed by atoms with Crippen molar-refractivity contribution in [2.24, 2.45) is 16.1 Å². The Balaban J connectivity index is 0.00000400. The van der Waals surface area contributed by atoms with Crippen LogP contribution in [-0.4, -0.2) is 19.6 Å². The SMILES string of the molecule is COc1ccc(NC(N)=NCCCCC(C)(C)C)cc1.I. The fraction of sp³-hybridized carbons (Fsp3) is 0.562. The van der Waals surface area contributed by atoms with E-state index in [0.29, 0.717) is 11.4 Å². The largest absolute Gasteiger partial charge is 0.497 e. The molecule has 0 heterocycles. The molecule has 0 unspecified atom stereocenters. The Morgan fingerprint density at radius 2 is 1.81 bits per heavy atom. The third-order valence-electron chi connectivity index (χ3n) is 2.98. The van der Waals surface area contributed by atoms with E-state index in [1.165, 1.54) is 12.8 Å². The maximum Gasteiger partial charge on any atom is 0.193 e. The zero-order chi connectivity index (χ0) is 15.0. The first-order valence-corrected chi connectivity index (χ1v) is 7.12. The van der Waals surface area contributed by atoms with Gasteiger partial charge in [0.1, 0.15) is 5.75 Å². The Kier molecular flexibility index (Phi) is 9.41. The molecule has 0 atom stereocenters. The molecular weight excluding hydrogens is 377 g/mol. The van der Waals surface area contributed by atoms with Gasteiger partial charge in [0, 0.05) is 12.2 Å². The maximum atomic E-state index is 5.85. The van der Waals surface area contributed by atoms with E-state index in [2.05, 4.69) is 31.1 Å². The molecule has 120 valence electrons. The highest BCUT2D eigenvalue weighted by atomic mass is 127. The van der Waals surface area contributed by atoms with Gasteiger partial charge in [-0.15, -0.1) is 24.0 Å². The van der Waals surface area contributed by atoms with Crippen molar-refractivity contribution in [3.8, 4) is 5.75 Å². The number of ether oxygens (including phenoxy) is 1. The maximum absolute atomic E-state index is 5.85. The number of methoxy groups -OCH3 is 1.